The summed E-state index contributed by atoms with van der Waals surface area (Å²) < 4.78 is 56.0. The number of hydrogen-bond donors (Lipinski definition) is 2. The van der Waals surface area contributed by atoms with Crippen molar-refractivity contribution in [2.24, 2.45) is 0 Å². The Balaban J connectivity index is 1.40. The molecule has 4 rings (SSSR count). The zero-order chi connectivity index (χ0) is 26.5. The number of benzene rings is 2. The van der Waals surface area contributed by atoms with Gasteiger partial charge < -0.3 is 24.8 Å². The Labute approximate surface area is 210 Å². The molecule has 194 valence electrons. The largest absolute Gasteiger partial charge is 0.497 e. The van der Waals surface area contributed by atoms with E-state index in [-0.39, 0.29) is 42.4 Å². The first-order valence-corrected chi connectivity index (χ1v) is 11.2. The van der Waals surface area contributed by atoms with E-state index < -0.39 is 29.1 Å². The first kappa shape index (κ1) is 25.9. The van der Waals surface area contributed by atoms with Gasteiger partial charge in [-0.05, 0) is 35.9 Å². The molecule has 0 bridgehead atoms. The lowest BCUT2D eigenvalue weighted by molar-refractivity contribution is -0.138. The van der Waals surface area contributed by atoms with Gasteiger partial charge in [0.2, 0.25) is 5.91 Å². The summed E-state index contributed by atoms with van der Waals surface area (Å²) in [6, 6.07) is 9.66. The number of amides is 2. The van der Waals surface area contributed by atoms with E-state index in [9.17, 15) is 22.8 Å². The Bertz CT molecular complexity index is 1250. The quantitative estimate of drug-likeness (QED) is 0.471. The molecule has 3 aromatic rings. The smallest absolute Gasteiger partial charge is 0.420 e. The predicted octanol–water partition coefficient (Wildman–Crippen LogP) is 3.50. The monoisotopic (exact) mass is 516 g/mol. The first-order valence-electron chi connectivity index (χ1n) is 11.2. The Morgan fingerprint density at radius 2 is 1.78 bits per heavy atom. The van der Waals surface area contributed by atoms with Crippen LogP contribution in [0.5, 0.6) is 17.2 Å². The molecule has 0 unspecified atom stereocenters. The molecule has 1 aliphatic rings. The van der Waals surface area contributed by atoms with Gasteiger partial charge in [0.15, 0.2) is 0 Å². The van der Waals surface area contributed by atoms with Gasteiger partial charge in [0, 0.05) is 32.0 Å². The van der Waals surface area contributed by atoms with Crippen molar-refractivity contribution in [2.75, 3.05) is 20.3 Å². The fourth-order valence-corrected chi connectivity index (χ4v) is 3.71. The predicted molar refractivity (Wildman–Crippen MR) is 124 cm³/mol. The van der Waals surface area contributed by atoms with Gasteiger partial charge in [0.1, 0.15) is 34.7 Å². The molecule has 1 aliphatic heterocycles. The fourth-order valence-electron chi connectivity index (χ4n) is 3.71. The molecule has 2 aromatic carbocycles. The molecule has 1 fully saturated rings. The Morgan fingerprint density at radius 1 is 1.08 bits per heavy atom. The number of carbonyl (C=O) groups is 2. The number of methoxy groups -OCH3 is 1. The summed E-state index contributed by atoms with van der Waals surface area (Å²) in [5.74, 6) is -1.05. The third kappa shape index (κ3) is 6.15. The van der Waals surface area contributed by atoms with Crippen LogP contribution >= 0.6 is 0 Å². The molecule has 0 spiro atoms. The topological polar surface area (TPSA) is 112 Å². The van der Waals surface area contributed by atoms with Crippen LogP contribution in [0.1, 0.15) is 27.9 Å². The number of halogens is 3. The average molecular weight is 516 g/mol. The second kappa shape index (κ2) is 10.8. The minimum atomic E-state index is -4.63. The van der Waals surface area contributed by atoms with Crippen molar-refractivity contribution in [1.82, 2.24) is 20.6 Å². The molecule has 1 aromatic heterocycles. The van der Waals surface area contributed by atoms with Crippen LogP contribution in [0.25, 0.3) is 0 Å². The summed E-state index contributed by atoms with van der Waals surface area (Å²) in [5.41, 5.74) is -1.33. The van der Waals surface area contributed by atoms with Crippen molar-refractivity contribution in [3.05, 3.63) is 77.9 Å². The minimum absolute atomic E-state index is 0.00837. The summed E-state index contributed by atoms with van der Waals surface area (Å²) in [7, 11) is 1.28. The van der Waals surface area contributed by atoms with Crippen molar-refractivity contribution < 1.29 is 37.0 Å². The molecule has 1 saturated heterocycles. The summed E-state index contributed by atoms with van der Waals surface area (Å²) >= 11 is 0. The van der Waals surface area contributed by atoms with Gasteiger partial charge in [-0.1, -0.05) is 12.1 Å². The SMILES string of the molecule is COc1ccc(Oc2ccc(CNC(=O)[C@]3(NC(=O)c4cncnc4)CCOC3)cc2)c(C(F)(F)F)c1. The number of nitrogens with zero attached hydrogens (tertiary/aromatic N) is 2. The highest BCUT2D eigenvalue weighted by Gasteiger charge is 2.43. The van der Waals surface area contributed by atoms with Gasteiger partial charge in [-0.2, -0.15) is 13.2 Å². The van der Waals surface area contributed by atoms with E-state index in [1.165, 1.54) is 50.1 Å². The molecule has 2 heterocycles. The number of aromatic nitrogens is 2. The van der Waals surface area contributed by atoms with E-state index in [2.05, 4.69) is 20.6 Å². The van der Waals surface area contributed by atoms with Gasteiger partial charge in [0.25, 0.3) is 5.91 Å². The lowest BCUT2D eigenvalue weighted by Gasteiger charge is -2.27. The Morgan fingerprint density at radius 3 is 2.41 bits per heavy atom. The van der Waals surface area contributed by atoms with Crippen LogP contribution in [0.4, 0.5) is 13.2 Å². The average Bonchev–Trinajstić information content (AvgIpc) is 3.38. The molecule has 37 heavy (non-hydrogen) atoms. The highest BCUT2D eigenvalue weighted by Crippen LogP contribution is 2.40. The maximum absolute atomic E-state index is 13.4. The highest BCUT2D eigenvalue weighted by atomic mass is 19.4. The lowest BCUT2D eigenvalue weighted by Crippen LogP contribution is -2.59. The van der Waals surface area contributed by atoms with Crippen LogP contribution in [0, 0.1) is 0 Å². The lowest BCUT2D eigenvalue weighted by atomic mass is 9.96. The van der Waals surface area contributed by atoms with E-state index in [0.29, 0.717) is 12.2 Å². The molecule has 0 aliphatic carbocycles. The van der Waals surface area contributed by atoms with E-state index in [4.69, 9.17) is 14.2 Å². The minimum Gasteiger partial charge on any atom is -0.497 e. The summed E-state index contributed by atoms with van der Waals surface area (Å²) in [6.07, 6.45) is -0.361. The molecule has 12 heteroatoms. The van der Waals surface area contributed by atoms with E-state index in [1.54, 1.807) is 12.1 Å². The van der Waals surface area contributed by atoms with E-state index in [1.807, 2.05) is 0 Å². The highest BCUT2D eigenvalue weighted by molar-refractivity contribution is 5.99. The second-order valence-corrected chi connectivity index (χ2v) is 8.25. The molecule has 0 radical (unpaired) electrons. The zero-order valence-electron chi connectivity index (χ0n) is 19.7. The third-order valence-electron chi connectivity index (χ3n) is 5.73. The van der Waals surface area contributed by atoms with E-state index >= 15 is 0 Å². The molecular weight excluding hydrogens is 493 g/mol. The van der Waals surface area contributed by atoms with Crippen LogP contribution in [0.15, 0.2) is 61.2 Å². The van der Waals surface area contributed by atoms with Gasteiger partial charge >= 0.3 is 6.18 Å². The van der Waals surface area contributed by atoms with E-state index in [0.717, 1.165) is 6.07 Å². The summed E-state index contributed by atoms with van der Waals surface area (Å²) in [5, 5.41) is 5.51. The zero-order valence-corrected chi connectivity index (χ0v) is 19.7. The maximum Gasteiger partial charge on any atom is 0.420 e. The summed E-state index contributed by atoms with van der Waals surface area (Å²) in [6.45, 7) is 0.423. The van der Waals surface area contributed by atoms with Crippen molar-refractivity contribution in [3.8, 4) is 17.2 Å². The number of rotatable bonds is 8. The normalized spacial score (nSPS) is 17.2. The van der Waals surface area contributed by atoms with Crippen LogP contribution in [0.2, 0.25) is 0 Å². The Kier molecular flexibility index (Phi) is 7.58. The maximum atomic E-state index is 13.4. The Hall–Kier alpha value is -4.19. The molecule has 1 atom stereocenters. The number of hydrogen-bond acceptors (Lipinski definition) is 7. The van der Waals surface area contributed by atoms with Crippen LogP contribution in [0.3, 0.4) is 0 Å². The molecule has 2 amide bonds. The van der Waals surface area contributed by atoms with Crippen molar-refractivity contribution in [2.45, 2.75) is 24.7 Å². The fraction of sp³-hybridized carbons (Fsp3) is 0.280. The second-order valence-electron chi connectivity index (χ2n) is 8.25. The number of alkyl halides is 3. The van der Waals surface area contributed by atoms with Crippen molar-refractivity contribution >= 4 is 11.8 Å². The van der Waals surface area contributed by atoms with Crippen LogP contribution in [-0.2, 0) is 22.3 Å². The van der Waals surface area contributed by atoms with Crippen molar-refractivity contribution in [1.29, 1.82) is 0 Å². The van der Waals surface area contributed by atoms with Crippen molar-refractivity contribution in [3.63, 3.8) is 0 Å². The van der Waals surface area contributed by atoms with Crippen LogP contribution < -0.4 is 20.1 Å². The third-order valence-corrected chi connectivity index (χ3v) is 5.73. The van der Waals surface area contributed by atoms with Gasteiger partial charge in [-0.3, -0.25) is 9.59 Å². The number of nitrogens with one attached hydrogen (secondary N) is 2. The summed E-state index contributed by atoms with van der Waals surface area (Å²) in [4.78, 5) is 33.2. The molecular formula is C25H23F3N4O5. The van der Waals surface area contributed by atoms with Gasteiger partial charge in [0.05, 0.1) is 19.3 Å². The first-order chi connectivity index (χ1) is 17.7. The van der Waals surface area contributed by atoms with Crippen LogP contribution in [-0.4, -0.2) is 47.6 Å². The van der Waals surface area contributed by atoms with Gasteiger partial charge in [-0.15, -0.1) is 0 Å². The number of ether oxygens (including phenoxy) is 3. The molecule has 9 nitrogen and oxygen atoms in total. The molecule has 0 saturated carbocycles. The van der Waals surface area contributed by atoms with Gasteiger partial charge in [-0.25, -0.2) is 9.97 Å². The standard InChI is InChI=1S/C25H23F3N4O5/c1-35-19-6-7-21(20(10-19)25(26,27)28)37-18-4-2-16(3-5-18)11-31-23(34)24(8-9-36-14-24)32-22(33)17-12-29-15-30-13-17/h2-7,10,12-13,15H,8-9,11,14H2,1H3,(H,31,34)(H,32,33)/t24-/m0/s1. The number of carbonyl (C=O) groups excluding carboxylic acids is 2. The molecule has 2 N–H and O–H groups in total.